The van der Waals surface area contributed by atoms with E-state index in [9.17, 15) is 9.90 Å². The highest BCUT2D eigenvalue weighted by Crippen LogP contribution is 2.24. The second-order valence-corrected chi connectivity index (χ2v) is 4.64. The molecule has 0 aliphatic carbocycles. The monoisotopic (exact) mass is 234 g/mol. The molecule has 17 heavy (non-hydrogen) atoms. The van der Waals surface area contributed by atoms with Crippen molar-refractivity contribution in [2.24, 2.45) is 5.92 Å². The van der Waals surface area contributed by atoms with Crippen LogP contribution in [0.3, 0.4) is 0 Å². The molecule has 0 radical (unpaired) electrons. The normalized spacial score (nSPS) is 24.0. The van der Waals surface area contributed by atoms with Crippen LogP contribution in [0.2, 0.25) is 0 Å². The summed E-state index contributed by atoms with van der Waals surface area (Å²) in [6.45, 7) is 2.90. The summed E-state index contributed by atoms with van der Waals surface area (Å²) in [6, 6.07) is 3.70. The zero-order valence-corrected chi connectivity index (χ0v) is 10.0. The molecular formula is C13H18N2O2. The lowest BCUT2D eigenvalue weighted by Gasteiger charge is -2.25. The first-order chi connectivity index (χ1) is 8.22. The number of carbonyl (C=O) groups excluding carboxylic acids is 1. The molecule has 92 valence electrons. The Morgan fingerprint density at radius 2 is 2.24 bits per heavy atom. The van der Waals surface area contributed by atoms with Gasteiger partial charge >= 0.3 is 0 Å². The van der Waals surface area contributed by atoms with E-state index in [4.69, 9.17) is 0 Å². The van der Waals surface area contributed by atoms with Crippen molar-refractivity contribution in [1.82, 2.24) is 9.88 Å². The maximum absolute atomic E-state index is 12.1. The number of pyridine rings is 1. The number of carbonyl (C=O) groups is 1. The van der Waals surface area contributed by atoms with Crippen molar-refractivity contribution >= 4 is 5.91 Å². The van der Waals surface area contributed by atoms with Crippen LogP contribution in [0.4, 0.5) is 0 Å². The van der Waals surface area contributed by atoms with E-state index in [1.165, 1.54) is 0 Å². The molecular weight excluding hydrogens is 216 g/mol. The Bertz CT molecular complexity index is 380. The van der Waals surface area contributed by atoms with Crippen molar-refractivity contribution in [3.05, 3.63) is 30.1 Å². The molecule has 0 bridgehead atoms. The zero-order chi connectivity index (χ0) is 12.3. The summed E-state index contributed by atoms with van der Waals surface area (Å²) in [6.07, 6.45) is 4.76. The molecule has 1 N–H and O–H groups in total. The highest BCUT2D eigenvalue weighted by molar-refractivity contribution is 5.79. The minimum Gasteiger partial charge on any atom is -0.394 e. The molecule has 0 spiro atoms. The van der Waals surface area contributed by atoms with Crippen LogP contribution in [0.25, 0.3) is 0 Å². The molecule has 2 unspecified atom stereocenters. The molecule has 4 nitrogen and oxygen atoms in total. The number of aliphatic hydroxyl groups is 1. The summed E-state index contributed by atoms with van der Waals surface area (Å²) in [5.41, 5.74) is 0.973. The fraction of sp³-hybridized carbons (Fsp3) is 0.538. The van der Waals surface area contributed by atoms with Gasteiger partial charge in [-0.25, -0.2) is 0 Å². The van der Waals surface area contributed by atoms with Crippen LogP contribution in [-0.2, 0) is 11.2 Å². The maximum atomic E-state index is 12.1. The number of hydrogen-bond acceptors (Lipinski definition) is 3. The number of aromatic nitrogens is 1. The number of hydrogen-bond donors (Lipinski definition) is 1. The molecule has 2 heterocycles. The number of aliphatic hydroxyl groups excluding tert-OH is 1. The van der Waals surface area contributed by atoms with E-state index in [2.05, 4.69) is 11.9 Å². The minimum atomic E-state index is -0.00987. The first-order valence-electron chi connectivity index (χ1n) is 6.01. The van der Waals surface area contributed by atoms with Gasteiger partial charge < -0.3 is 10.0 Å². The van der Waals surface area contributed by atoms with Crippen LogP contribution in [0.1, 0.15) is 18.9 Å². The van der Waals surface area contributed by atoms with E-state index >= 15 is 0 Å². The van der Waals surface area contributed by atoms with Gasteiger partial charge in [-0.15, -0.1) is 0 Å². The fourth-order valence-corrected chi connectivity index (χ4v) is 2.37. The van der Waals surface area contributed by atoms with E-state index in [0.717, 1.165) is 18.5 Å². The van der Waals surface area contributed by atoms with Crippen LogP contribution < -0.4 is 0 Å². The van der Waals surface area contributed by atoms with Crippen molar-refractivity contribution in [2.75, 3.05) is 13.2 Å². The summed E-state index contributed by atoms with van der Waals surface area (Å²) >= 11 is 0. The third-order valence-corrected chi connectivity index (χ3v) is 3.49. The second-order valence-electron chi connectivity index (χ2n) is 4.64. The van der Waals surface area contributed by atoms with E-state index in [-0.39, 0.29) is 18.6 Å². The minimum absolute atomic E-state index is 0.00987. The smallest absolute Gasteiger partial charge is 0.227 e. The Kier molecular flexibility index (Phi) is 3.74. The first kappa shape index (κ1) is 12.0. The lowest BCUT2D eigenvalue weighted by Crippen LogP contribution is -2.40. The molecule has 2 atom stereocenters. The van der Waals surface area contributed by atoms with E-state index in [1.807, 2.05) is 17.0 Å². The Labute approximate surface area is 101 Å². The summed E-state index contributed by atoms with van der Waals surface area (Å²) in [5, 5.41) is 9.32. The third kappa shape index (κ3) is 2.64. The molecule has 1 saturated heterocycles. The van der Waals surface area contributed by atoms with Gasteiger partial charge in [-0.05, 0) is 30.0 Å². The van der Waals surface area contributed by atoms with Crippen LogP contribution in [0.5, 0.6) is 0 Å². The van der Waals surface area contributed by atoms with Gasteiger partial charge in [0.15, 0.2) is 0 Å². The van der Waals surface area contributed by atoms with Crippen LogP contribution in [0, 0.1) is 5.92 Å². The molecule has 1 aliphatic rings. The van der Waals surface area contributed by atoms with Gasteiger partial charge in [-0.3, -0.25) is 9.78 Å². The molecule has 4 heteroatoms. The molecule has 0 aromatic carbocycles. The average Bonchev–Trinajstić information content (AvgIpc) is 2.71. The molecule has 1 aliphatic heterocycles. The third-order valence-electron chi connectivity index (χ3n) is 3.49. The van der Waals surface area contributed by atoms with Crippen LogP contribution in [-0.4, -0.2) is 40.1 Å². The molecule has 1 aromatic heterocycles. The lowest BCUT2D eigenvalue weighted by molar-refractivity contribution is -0.132. The molecule has 2 rings (SSSR count). The number of amides is 1. The topological polar surface area (TPSA) is 53.4 Å². The van der Waals surface area contributed by atoms with Crippen molar-refractivity contribution in [1.29, 1.82) is 0 Å². The lowest BCUT2D eigenvalue weighted by atomic mass is 10.0. The summed E-state index contributed by atoms with van der Waals surface area (Å²) in [5.74, 6) is 0.487. The Morgan fingerprint density at radius 3 is 2.88 bits per heavy atom. The number of likely N-dealkylation sites (tertiary alicyclic amines) is 1. The Balaban J connectivity index is 2.01. The standard InChI is InChI=1S/C13H18N2O2/c1-10-4-7-15(12(10)9-16)13(17)8-11-2-5-14-6-3-11/h2-3,5-6,10,12,16H,4,7-9H2,1H3. The average molecular weight is 234 g/mol. The predicted octanol–water partition coefficient (Wildman–Crippen LogP) is 0.853. The van der Waals surface area contributed by atoms with Gasteiger partial charge in [-0.1, -0.05) is 6.92 Å². The zero-order valence-electron chi connectivity index (χ0n) is 10.0. The van der Waals surface area contributed by atoms with Crippen molar-refractivity contribution in [3.63, 3.8) is 0 Å². The summed E-state index contributed by atoms with van der Waals surface area (Å²) in [7, 11) is 0. The van der Waals surface area contributed by atoms with Crippen molar-refractivity contribution < 1.29 is 9.90 Å². The van der Waals surface area contributed by atoms with Crippen LogP contribution >= 0.6 is 0 Å². The van der Waals surface area contributed by atoms with Crippen molar-refractivity contribution in [3.8, 4) is 0 Å². The predicted molar refractivity (Wildman–Crippen MR) is 64.3 cm³/mol. The largest absolute Gasteiger partial charge is 0.394 e. The first-order valence-corrected chi connectivity index (χ1v) is 6.01. The SMILES string of the molecule is CC1CCN(C(=O)Cc2ccncc2)C1CO. The van der Waals surface area contributed by atoms with Gasteiger partial charge in [0.1, 0.15) is 0 Å². The molecule has 1 amide bonds. The highest BCUT2D eigenvalue weighted by atomic mass is 16.3. The van der Waals surface area contributed by atoms with Crippen molar-refractivity contribution in [2.45, 2.75) is 25.8 Å². The molecule has 1 fully saturated rings. The molecule has 1 aromatic rings. The van der Waals surface area contributed by atoms with E-state index in [0.29, 0.717) is 12.3 Å². The summed E-state index contributed by atoms with van der Waals surface area (Å²) < 4.78 is 0. The Hall–Kier alpha value is -1.42. The maximum Gasteiger partial charge on any atom is 0.227 e. The van der Waals surface area contributed by atoms with Crippen LogP contribution in [0.15, 0.2) is 24.5 Å². The Morgan fingerprint density at radius 1 is 1.53 bits per heavy atom. The quantitative estimate of drug-likeness (QED) is 0.843. The van der Waals surface area contributed by atoms with E-state index in [1.54, 1.807) is 12.4 Å². The highest BCUT2D eigenvalue weighted by Gasteiger charge is 2.33. The van der Waals surface area contributed by atoms with Gasteiger partial charge in [0.2, 0.25) is 5.91 Å². The van der Waals surface area contributed by atoms with Gasteiger partial charge in [0.05, 0.1) is 19.1 Å². The van der Waals surface area contributed by atoms with Gasteiger partial charge in [-0.2, -0.15) is 0 Å². The van der Waals surface area contributed by atoms with Gasteiger partial charge in [0, 0.05) is 18.9 Å². The summed E-state index contributed by atoms with van der Waals surface area (Å²) in [4.78, 5) is 17.9. The van der Waals surface area contributed by atoms with E-state index < -0.39 is 0 Å². The fourth-order valence-electron chi connectivity index (χ4n) is 2.37. The number of rotatable bonds is 3. The van der Waals surface area contributed by atoms with Gasteiger partial charge in [0.25, 0.3) is 0 Å². The second kappa shape index (κ2) is 5.27. The number of nitrogens with zero attached hydrogens (tertiary/aromatic N) is 2. The molecule has 0 saturated carbocycles.